The lowest BCUT2D eigenvalue weighted by atomic mass is 10.0. The van der Waals surface area contributed by atoms with Crippen LogP contribution in [0.15, 0.2) is 0 Å². The standard InChI is InChI=1S/C18H36O3/c1-5-6-7-8-9-10-11-12-13-14-16(15-17(19)20)21-18(2,3)4/h16H,5-15H2,1-4H3,(H,19,20). The summed E-state index contributed by atoms with van der Waals surface area (Å²) in [6, 6.07) is 0. The fraction of sp³-hybridized carbons (Fsp3) is 0.944. The Hall–Kier alpha value is -0.570. The van der Waals surface area contributed by atoms with Gasteiger partial charge in [0.25, 0.3) is 0 Å². The number of carbonyl (C=O) groups is 1. The summed E-state index contributed by atoms with van der Waals surface area (Å²) in [5.74, 6) is -0.764. The normalized spacial score (nSPS) is 13.3. The largest absolute Gasteiger partial charge is 0.481 e. The maximum Gasteiger partial charge on any atom is 0.305 e. The minimum atomic E-state index is -0.764. The first kappa shape index (κ1) is 20.4. The Morgan fingerprint density at radius 3 is 1.86 bits per heavy atom. The van der Waals surface area contributed by atoms with E-state index in [1.165, 1.54) is 51.4 Å². The molecule has 0 amide bonds. The lowest BCUT2D eigenvalue weighted by molar-refractivity contribution is -0.143. The van der Waals surface area contributed by atoms with Crippen molar-refractivity contribution in [3.05, 3.63) is 0 Å². The van der Waals surface area contributed by atoms with Gasteiger partial charge in [-0.25, -0.2) is 0 Å². The van der Waals surface area contributed by atoms with Crippen molar-refractivity contribution < 1.29 is 14.6 Å². The zero-order valence-corrected chi connectivity index (χ0v) is 14.6. The van der Waals surface area contributed by atoms with Crippen LogP contribution in [0.2, 0.25) is 0 Å². The Morgan fingerprint density at radius 2 is 1.43 bits per heavy atom. The van der Waals surface area contributed by atoms with Crippen molar-refractivity contribution in [1.82, 2.24) is 0 Å². The first-order chi connectivity index (χ1) is 9.85. The Kier molecular flexibility index (Phi) is 11.7. The summed E-state index contributed by atoms with van der Waals surface area (Å²) in [7, 11) is 0. The summed E-state index contributed by atoms with van der Waals surface area (Å²) < 4.78 is 5.84. The van der Waals surface area contributed by atoms with Gasteiger partial charge in [-0.2, -0.15) is 0 Å². The van der Waals surface area contributed by atoms with Gasteiger partial charge in [-0.15, -0.1) is 0 Å². The SMILES string of the molecule is CCCCCCCCCCCC(CC(=O)O)OC(C)(C)C. The van der Waals surface area contributed by atoms with Gasteiger partial charge in [0.1, 0.15) is 0 Å². The molecule has 0 saturated carbocycles. The molecule has 1 N–H and O–H groups in total. The molecule has 0 spiro atoms. The van der Waals surface area contributed by atoms with Crippen LogP contribution in [0.1, 0.15) is 98.3 Å². The van der Waals surface area contributed by atoms with Gasteiger partial charge in [-0.3, -0.25) is 4.79 Å². The summed E-state index contributed by atoms with van der Waals surface area (Å²) in [5.41, 5.74) is -0.264. The van der Waals surface area contributed by atoms with Crippen molar-refractivity contribution in [2.75, 3.05) is 0 Å². The zero-order valence-electron chi connectivity index (χ0n) is 14.6. The van der Waals surface area contributed by atoms with Gasteiger partial charge in [0, 0.05) is 0 Å². The van der Waals surface area contributed by atoms with Crippen molar-refractivity contribution in [2.45, 2.75) is 110 Å². The maximum absolute atomic E-state index is 10.9. The zero-order chi connectivity index (χ0) is 16.1. The molecule has 3 heteroatoms. The average Bonchev–Trinajstić information content (AvgIpc) is 2.34. The van der Waals surface area contributed by atoms with Gasteiger partial charge in [-0.05, 0) is 27.2 Å². The molecule has 0 aromatic rings. The van der Waals surface area contributed by atoms with E-state index in [1.54, 1.807) is 0 Å². The molecule has 0 aliphatic carbocycles. The Bertz CT molecular complexity index is 256. The molecule has 0 heterocycles. The summed E-state index contributed by atoms with van der Waals surface area (Å²) in [4.78, 5) is 10.9. The van der Waals surface area contributed by atoms with Crippen molar-refractivity contribution in [1.29, 1.82) is 0 Å². The highest BCUT2D eigenvalue weighted by Gasteiger charge is 2.20. The lowest BCUT2D eigenvalue weighted by Gasteiger charge is -2.26. The van der Waals surface area contributed by atoms with Crippen molar-refractivity contribution in [3.8, 4) is 0 Å². The Balaban J connectivity index is 3.66. The number of unbranched alkanes of at least 4 members (excludes halogenated alkanes) is 8. The number of ether oxygens (including phenoxy) is 1. The highest BCUT2D eigenvalue weighted by Crippen LogP contribution is 2.19. The summed E-state index contributed by atoms with van der Waals surface area (Å²) in [5, 5.41) is 8.94. The number of hydrogen-bond acceptors (Lipinski definition) is 2. The maximum atomic E-state index is 10.9. The summed E-state index contributed by atoms with van der Waals surface area (Å²) in [6.45, 7) is 8.20. The molecule has 0 aliphatic rings. The molecule has 1 unspecified atom stereocenters. The van der Waals surface area contributed by atoms with Crippen molar-refractivity contribution in [2.24, 2.45) is 0 Å². The third kappa shape index (κ3) is 15.6. The van der Waals surface area contributed by atoms with E-state index >= 15 is 0 Å². The molecule has 21 heavy (non-hydrogen) atoms. The van der Waals surface area contributed by atoms with Crippen LogP contribution in [0.3, 0.4) is 0 Å². The molecular formula is C18H36O3. The molecular weight excluding hydrogens is 264 g/mol. The second-order valence-corrected chi connectivity index (χ2v) is 7.07. The van der Waals surface area contributed by atoms with Crippen LogP contribution in [0, 0.1) is 0 Å². The first-order valence-corrected chi connectivity index (χ1v) is 8.74. The molecule has 1 atom stereocenters. The van der Waals surface area contributed by atoms with Gasteiger partial charge in [0.05, 0.1) is 18.1 Å². The highest BCUT2D eigenvalue weighted by atomic mass is 16.5. The third-order valence-corrected chi connectivity index (χ3v) is 3.55. The quantitative estimate of drug-likeness (QED) is 0.452. The van der Waals surface area contributed by atoms with Crippen LogP contribution in [-0.4, -0.2) is 22.8 Å². The van der Waals surface area contributed by atoms with Crippen LogP contribution in [0.4, 0.5) is 0 Å². The molecule has 0 bridgehead atoms. The molecule has 0 fully saturated rings. The number of carboxylic acid groups (broad SMARTS) is 1. The van der Waals surface area contributed by atoms with E-state index in [0.717, 1.165) is 12.8 Å². The topological polar surface area (TPSA) is 46.5 Å². The molecule has 0 aliphatic heterocycles. The van der Waals surface area contributed by atoms with Gasteiger partial charge in [0.2, 0.25) is 0 Å². The van der Waals surface area contributed by atoms with E-state index in [-0.39, 0.29) is 18.1 Å². The fourth-order valence-corrected chi connectivity index (χ4v) is 2.58. The molecule has 3 nitrogen and oxygen atoms in total. The van der Waals surface area contributed by atoms with Crippen LogP contribution < -0.4 is 0 Å². The van der Waals surface area contributed by atoms with E-state index in [2.05, 4.69) is 6.92 Å². The smallest absolute Gasteiger partial charge is 0.305 e. The van der Waals surface area contributed by atoms with Crippen LogP contribution >= 0.6 is 0 Å². The van der Waals surface area contributed by atoms with E-state index in [1.807, 2.05) is 20.8 Å². The molecule has 126 valence electrons. The lowest BCUT2D eigenvalue weighted by Crippen LogP contribution is -2.29. The summed E-state index contributed by atoms with van der Waals surface area (Å²) in [6.07, 6.45) is 12.4. The third-order valence-electron chi connectivity index (χ3n) is 3.55. The van der Waals surface area contributed by atoms with Gasteiger partial charge in [-0.1, -0.05) is 64.7 Å². The molecule has 0 saturated heterocycles. The second kappa shape index (κ2) is 12.0. The number of rotatable bonds is 13. The predicted octanol–water partition coefficient (Wildman–Crippen LogP) is 5.57. The van der Waals surface area contributed by atoms with Gasteiger partial charge < -0.3 is 9.84 Å². The van der Waals surface area contributed by atoms with Crippen LogP contribution in [-0.2, 0) is 9.53 Å². The van der Waals surface area contributed by atoms with Crippen LogP contribution in [0.5, 0.6) is 0 Å². The number of carboxylic acids is 1. The second-order valence-electron chi connectivity index (χ2n) is 7.07. The highest BCUT2D eigenvalue weighted by molar-refractivity contribution is 5.67. The number of aliphatic carboxylic acids is 1. The predicted molar refractivity (Wildman–Crippen MR) is 88.7 cm³/mol. The summed E-state index contributed by atoms with van der Waals surface area (Å²) >= 11 is 0. The monoisotopic (exact) mass is 300 g/mol. The van der Waals surface area contributed by atoms with Gasteiger partial charge >= 0.3 is 5.97 Å². The van der Waals surface area contributed by atoms with Crippen molar-refractivity contribution in [3.63, 3.8) is 0 Å². The minimum Gasteiger partial charge on any atom is -0.481 e. The van der Waals surface area contributed by atoms with E-state index in [9.17, 15) is 4.79 Å². The minimum absolute atomic E-state index is 0.119. The number of hydrogen-bond donors (Lipinski definition) is 1. The van der Waals surface area contributed by atoms with E-state index < -0.39 is 5.97 Å². The molecule has 0 rings (SSSR count). The Labute approximate surface area is 131 Å². The molecule has 0 radical (unpaired) electrons. The van der Waals surface area contributed by atoms with Gasteiger partial charge in [0.15, 0.2) is 0 Å². The van der Waals surface area contributed by atoms with Crippen molar-refractivity contribution >= 4 is 5.97 Å². The fourth-order valence-electron chi connectivity index (χ4n) is 2.58. The Morgan fingerprint density at radius 1 is 0.952 bits per heavy atom. The molecule has 0 aromatic heterocycles. The molecule has 0 aromatic carbocycles. The average molecular weight is 300 g/mol. The van der Waals surface area contributed by atoms with E-state index in [4.69, 9.17) is 9.84 Å². The van der Waals surface area contributed by atoms with E-state index in [0.29, 0.717) is 0 Å². The first-order valence-electron chi connectivity index (χ1n) is 8.74. The van der Waals surface area contributed by atoms with Crippen LogP contribution in [0.25, 0.3) is 0 Å².